The number of carbonyl (C=O) groups excluding carboxylic acids is 2. The highest BCUT2D eigenvalue weighted by atomic mass is 35.5. The molecule has 32 heavy (non-hydrogen) atoms. The summed E-state index contributed by atoms with van der Waals surface area (Å²) < 4.78 is 28.9. The van der Waals surface area contributed by atoms with Crippen molar-refractivity contribution in [3.05, 3.63) is 39.9 Å². The van der Waals surface area contributed by atoms with Crippen molar-refractivity contribution in [2.75, 3.05) is 18.2 Å². The van der Waals surface area contributed by atoms with Crippen molar-refractivity contribution in [3.63, 3.8) is 0 Å². The van der Waals surface area contributed by atoms with Gasteiger partial charge in [0, 0.05) is 19.6 Å². The second-order valence-corrected chi connectivity index (χ2v) is 11.7. The van der Waals surface area contributed by atoms with Gasteiger partial charge in [-0.3, -0.25) is 9.59 Å². The molecule has 0 aliphatic heterocycles. The minimum Gasteiger partial charge on any atom is -0.465 e. The molecule has 1 aromatic carbocycles. The van der Waals surface area contributed by atoms with E-state index in [2.05, 4.69) is 10.3 Å². The van der Waals surface area contributed by atoms with Gasteiger partial charge < -0.3 is 10.1 Å². The Morgan fingerprint density at radius 2 is 1.91 bits per heavy atom. The molecule has 0 saturated heterocycles. The van der Waals surface area contributed by atoms with E-state index in [1.54, 1.807) is 24.3 Å². The van der Waals surface area contributed by atoms with Gasteiger partial charge in [-0.2, -0.15) is 0 Å². The first kappa shape index (κ1) is 24.7. The third kappa shape index (κ3) is 6.76. The Morgan fingerprint density at radius 3 is 2.50 bits per heavy atom. The zero-order chi connectivity index (χ0) is 23.3. The predicted molar refractivity (Wildman–Crippen MR) is 125 cm³/mol. The van der Waals surface area contributed by atoms with Crippen LogP contribution in [0.4, 0.5) is 5.13 Å². The first-order valence-electron chi connectivity index (χ1n) is 10.5. The molecule has 0 spiro atoms. The summed E-state index contributed by atoms with van der Waals surface area (Å²) in [6.45, 7) is 1.50. The van der Waals surface area contributed by atoms with Gasteiger partial charge in [0.2, 0.25) is 5.91 Å². The summed E-state index contributed by atoms with van der Waals surface area (Å²) in [5.74, 6) is -0.527. The third-order valence-corrected chi connectivity index (χ3v) is 7.97. The molecule has 3 rings (SSSR count). The number of nitrogens with one attached hydrogen (secondary N) is 1. The molecule has 1 unspecified atom stereocenters. The molecule has 0 radical (unpaired) electrons. The second kappa shape index (κ2) is 10.8. The molecule has 10 heteroatoms. The van der Waals surface area contributed by atoms with Crippen LogP contribution < -0.4 is 5.32 Å². The van der Waals surface area contributed by atoms with Gasteiger partial charge in [0.05, 0.1) is 23.1 Å². The molecule has 1 aliphatic carbocycles. The molecule has 1 aliphatic rings. The number of halogens is 1. The van der Waals surface area contributed by atoms with Crippen molar-refractivity contribution in [1.29, 1.82) is 0 Å². The lowest BCUT2D eigenvalue weighted by Crippen LogP contribution is -2.23. The molecular formula is C22H27ClN2O5S2. The molecule has 1 aromatic heterocycles. The maximum absolute atomic E-state index is 13.2. The van der Waals surface area contributed by atoms with Gasteiger partial charge in [-0.1, -0.05) is 60.8 Å². The van der Waals surface area contributed by atoms with E-state index >= 15 is 0 Å². The van der Waals surface area contributed by atoms with Gasteiger partial charge in [-0.25, -0.2) is 13.4 Å². The van der Waals surface area contributed by atoms with Crippen LogP contribution in [0.3, 0.4) is 0 Å². The monoisotopic (exact) mass is 498 g/mol. The fraction of sp³-hybridized carbons (Fsp3) is 0.500. The average molecular weight is 499 g/mol. The largest absolute Gasteiger partial charge is 0.465 e. The van der Waals surface area contributed by atoms with Crippen LogP contribution in [-0.4, -0.2) is 38.1 Å². The highest BCUT2D eigenvalue weighted by Gasteiger charge is 2.28. The molecule has 1 saturated carbocycles. The summed E-state index contributed by atoms with van der Waals surface area (Å²) >= 11 is 7.41. The van der Waals surface area contributed by atoms with E-state index in [0.717, 1.165) is 24.7 Å². The van der Waals surface area contributed by atoms with Crippen molar-refractivity contribution < 1.29 is 22.7 Å². The summed E-state index contributed by atoms with van der Waals surface area (Å²) in [6, 6.07) is 6.53. The number of amides is 1. The van der Waals surface area contributed by atoms with Crippen molar-refractivity contribution >= 4 is 49.8 Å². The number of nitrogens with zero attached hydrogens (tertiary/aromatic N) is 1. The normalized spacial score (nSPS) is 15.5. The highest BCUT2D eigenvalue weighted by molar-refractivity contribution is 7.90. The van der Waals surface area contributed by atoms with Crippen LogP contribution in [0.1, 0.15) is 56.2 Å². The molecule has 174 valence electrons. The molecule has 1 fully saturated rings. The Kier molecular flexibility index (Phi) is 8.30. The Morgan fingerprint density at radius 1 is 1.25 bits per heavy atom. The summed E-state index contributed by atoms with van der Waals surface area (Å²) in [6.07, 6.45) is 6.74. The summed E-state index contributed by atoms with van der Waals surface area (Å²) in [4.78, 5) is 28.8. The van der Waals surface area contributed by atoms with Crippen LogP contribution in [0, 0.1) is 5.92 Å². The first-order valence-corrected chi connectivity index (χ1v) is 13.6. The number of esters is 1. The molecule has 0 bridgehead atoms. The van der Waals surface area contributed by atoms with Gasteiger partial charge in [-0.05, 0) is 30.0 Å². The van der Waals surface area contributed by atoms with Gasteiger partial charge in [0.25, 0.3) is 0 Å². The van der Waals surface area contributed by atoms with E-state index < -0.39 is 15.8 Å². The molecule has 1 atom stereocenters. The number of hydrogen-bond acceptors (Lipinski definition) is 7. The summed E-state index contributed by atoms with van der Waals surface area (Å²) in [7, 11) is -3.31. The Hall–Kier alpha value is -1.97. The number of ether oxygens (including phenoxy) is 1. The number of hydrogen-bond donors (Lipinski definition) is 1. The average Bonchev–Trinajstić information content (AvgIpc) is 3.35. The van der Waals surface area contributed by atoms with Crippen LogP contribution in [0.25, 0.3) is 0 Å². The van der Waals surface area contributed by atoms with Gasteiger partial charge >= 0.3 is 5.97 Å². The number of sulfone groups is 1. The number of thiazole rings is 1. The first-order chi connectivity index (χ1) is 15.1. The lowest BCUT2D eigenvalue weighted by atomic mass is 9.87. The van der Waals surface area contributed by atoms with Crippen molar-refractivity contribution in [3.8, 4) is 0 Å². The number of rotatable bonds is 9. The molecular weight excluding hydrogens is 472 g/mol. The molecule has 2 aromatic rings. The van der Waals surface area contributed by atoms with Crippen molar-refractivity contribution in [1.82, 2.24) is 4.98 Å². The molecule has 1 heterocycles. The Balaban J connectivity index is 1.76. The number of aromatic nitrogens is 1. The minimum absolute atomic E-state index is 0.170. The molecule has 1 amide bonds. The zero-order valence-electron chi connectivity index (χ0n) is 18.1. The van der Waals surface area contributed by atoms with Crippen molar-refractivity contribution in [2.45, 2.75) is 56.3 Å². The van der Waals surface area contributed by atoms with Gasteiger partial charge in [-0.15, -0.1) is 0 Å². The third-order valence-electron chi connectivity index (χ3n) is 5.59. The van der Waals surface area contributed by atoms with Crippen molar-refractivity contribution in [2.24, 2.45) is 5.92 Å². The van der Waals surface area contributed by atoms with E-state index in [-0.39, 0.29) is 23.4 Å². The van der Waals surface area contributed by atoms with Gasteiger partial charge in [0.15, 0.2) is 15.0 Å². The van der Waals surface area contributed by atoms with E-state index in [1.165, 1.54) is 31.1 Å². The second-order valence-electron chi connectivity index (χ2n) is 8.10. The summed E-state index contributed by atoms with van der Waals surface area (Å²) in [5, 5.41) is 3.27. The molecule has 7 nitrogen and oxygen atoms in total. The summed E-state index contributed by atoms with van der Waals surface area (Å²) in [5.41, 5.74) is 1.34. The van der Waals surface area contributed by atoms with Gasteiger partial charge in [0.1, 0.15) is 4.34 Å². The molecule has 1 N–H and O–H groups in total. The number of carbonyl (C=O) groups is 2. The maximum atomic E-state index is 13.2. The van der Waals surface area contributed by atoms with Crippen LogP contribution in [0.2, 0.25) is 4.34 Å². The highest BCUT2D eigenvalue weighted by Crippen LogP contribution is 2.36. The quantitative estimate of drug-likeness (QED) is 0.506. The lowest BCUT2D eigenvalue weighted by Gasteiger charge is -2.20. The van der Waals surface area contributed by atoms with E-state index in [4.69, 9.17) is 16.3 Å². The lowest BCUT2D eigenvalue weighted by molar-refractivity contribution is -0.140. The van der Waals surface area contributed by atoms with E-state index in [0.29, 0.717) is 33.9 Å². The standard InChI is InChI=1S/C22H27ClN2O5S2/c1-14(26)30-12-11-19-20(23)31-22(24-19)25-21(27)18(13-15-5-3-4-6-15)16-7-9-17(10-8-16)32(2,28)29/h7-10,15,18H,3-6,11-13H2,1-2H3,(H,24,25,27). The van der Waals surface area contributed by atoms with E-state index in [1.807, 2.05) is 0 Å². The van der Waals surface area contributed by atoms with Crippen LogP contribution in [0.5, 0.6) is 0 Å². The smallest absolute Gasteiger partial charge is 0.302 e. The van der Waals surface area contributed by atoms with Crippen LogP contribution >= 0.6 is 22.9 Å². The van der Waals surface area contributed by atoms with Crippen LogP contribution in [0.15, 0.2) is 29.2 Å². The predicted octanol–water partition coefficient (Wildman–Crippen LogP) is 4.61. The van der Waals surface area contributed by atoms with E-state index in [9.17, 15) is 18.0 Å². The van der Waals surface area contributed by atoms with Crippen LogP contribution in [-0.2, 0) is 30.6 Å². The number of anilines is 1. The fourth-order valence-electron chi connectivity index (χ4n) is 3.95. The Labute approximate surface area is 197 Å². The topological polar surface area (TPSA) is 102 Å². The fourth-order valence-corrected chi connectivity index (χ4v) is 5.68. The zero-order valence-corrected chi connectivity index (χ0v) is 20.5. The Bertz CT molecular complexity index is 1060. The minimum atomic E-state index is -3.31. The maximum Gasteiger partial charge on any atom is 0.302 e. The SMILES string of the molecule is CC(=O)OCCc1nc(NC(=O)C(CC2CCCC2)c2ccc(S(C)(=O)=O)cc2)sc1Cl. The number of benzene rings is 1.